The van der Waals surface area contributed by atoms with Gasteiger partial charge in [0.05, 0.1) is 12.1 Å². The van der Waals surface area contributed by atoms with E-state index in [0.29, 0.717) is 13.0 Å². The molecular formula is C20H26N2O3. The molecule has 1 atom stereocenters. The molecule has 1 amide bonds. The van der Waals surface area contributed by atoms with Crippen LogP contribution in [0.5, 0.6) is 0 Å². The topological polar surface area (TPSA) is 62.7 Å². The van der Waals surface area contributed by atoms with Gasteiger partial charge >= 0.3 is 6.09 Å². The van der Waals surface area contributed by atoms with E-state index in [0.717, 1.165) is 22.9 Å². The number of rotatable bonds is 2. The standard InChI is InChI=1S/C20H26N2O3/c1-5-14-11-15-7-6-8-16(17(15)21-12-14)20(24)9-10-22(13-20)18(23)25-19(2,3)4/h6-8,11-12,24H,5,9-10,13H2,1-4H3. The Labute approximate surface area is 148 Å². The summed E-state index contributed by atoms with van der Waals surface area (Å²) in [6, 6.07) is 7.96. The van der Waals surface area contributed by atoms with Crippen LogP contribution < -0.4 is 0 Å². The van der Waals surface area contributed by atoms with Crippen molar-refractivity contribution in [1.29, 1.82) is 0 Å². The molecule has 2 aromatic rings. The maximum absolute atomic E-state index is 12.3. The molecule has 0 radical (unpaired) electrons. The lowest BCUT2D eigenvalue weighted by atomic mass is 9.90. The highest BCUT2D eigenvalue weighted by molar-refractivity contribution is 5.83. The van der Waals surface area contributed by atoms with Crippen LogP contribution in [0.25, 0.3) is 10.9 Å². The van der Waals surface area contributed by atoms with Gasteiger partial charge in [0.15, 0.2) is 0 Å². The van der Waals surface area contributed by atoms with Gasteiger partial charge in [-0.25, -0.2) is 4.79 Å². The van der Waals surface area contributed by atoms with Crippen LogP contribution in [0.2, 0.25) is 0 Å². The smallest absolute Gasteiger partial charge is 0.410 e. The Bertz CT molecular complexity index is 797. The van der Waals surface area contributed by atoms with E-state index in [4.69, 9.17) is 4.74 Å². The monoisotopic (exact) mass is 342 g/mol. The Morgan fingerprint density at radius 1 is 1.40 bits per heavy atom. The SMILES string of the molecule is CCc1cnc2c(C3(O)CCN(C(=O)OC(C)(C)C)C3)cccc2c1. The van der Waals surface area contributed by atoms with Gasteiger partial charge in [0, 0.05) is 23.7 Å². The highest BCUT2D eigenvalue weighted by Gasteiger charge is 2.42. The van der Waals surface area contributed by atoms with Crippen LogP contribution in [0.1, 0.15) is 45.2 Å². The van der Waals surface area contributed by atoms with E-state index in [1.165, 1.54) is 5.56 Å². The number of ether oxygens (including phenoxy) is 1. The van der Waals surface area contributed by atoms with Crippen LogP contribution >= 0.6 is 0 Å². The first-order chi connectivity index (χ1) is 11.7. The lowest BCUT2D eigenvalue weighted by molar-refractivity contribution is 0.0144. The molecule has 134 valence electrons. The summed E-state index contributed by atoms with van der Waals surface area (Å²) in [7, 11) is 0. The number of β-amino-alcohol motifs (C(OH)–C–C–N with tert-alkyl or cyclic N) is 1. The Balaban J connectivity index is 1.89. The number of likely N-dealkylation sites (tertiary alicyclic amines) is 1. The molecular weight excluding hydrogens is 316 g/mol. The lowest BCUT2D eigenvalue weighted by Gasteiger charge is -2.27. The van der Waals surface area contributed by atoms with Gasteiger partial charge in [-0.05, 0) is 45.2 Å². The summed E-state index contributed by atoms with van der Waals surface area (Å²) in [5, 5.41) is 12.2. The largest absolute Gasteiger partial charge is 0.444 e. The number of fused-ring (bicyclic) bond motifs is 1. The average Bonchev–Trinajstić information content (AvgIpc) is 2.96. The molecule has 3 rings (SSSR count). The average molecular weight is 342 g/mol. The predicted molar refractivity (Wildman–Crippen MR) is 97.4 cm³/mol. The molecule has 0 bridgehead atoms. The molecule has 1 fully saturated rings. The molecule has 0 aliphatic carbocycles. The molecule has 1 aliphatic heterocycles. The van der Waals surface area contributed by atoms with Gasteiger partial charge in [-0.15, -0.1) is 0 Å². The Hall–Kier alpha value is -2.14. The van der Waals surface area contributed by atoms with Crippen molar-refractivity contribution >= 4 is 17.0 Å². The Kier molecular flexibility index (Phi) is 4.45. The van der Waals surface area contributed by atoms with Crippen LogP contribution in [-0.2, 0) is 16.8 Å². The first-order valence-electron chi connectivity index (χ1n) is 8.80. The number of carbonyl (C=O) groups is 1. The summed E-state index contributed by atoms with van der Waals surface area (Å²) in [5.41, 5.74) is 1.09. The van der Waals surface area contributed by atoms with Crippen LogP contribution in [0.15, 0.2) is 30.5 Å². The second kappa shape index (κ2) is 6.30. The van der Waals surface area contributed by atoms with Gasteiger partial charge in [0.1, 0.15) is 11.2 Å². The lowest BCUT2D eigenvalue weighted by Crippen LogP contribution is -2.38. The summed E-state index contributed by atoms with van der Waals surface area (Å²) in [5.74, 6) is 0. The normalized spacial score (nSPS) is 20.9. The fraction of sp³-hybridized carbons (Fsp3) is 0.500. The van der Waals surface area contributed by atoms with Gasteiger partial charge < -0.3 is 14.7 Å². The molecule has 1 N–H and O–H groups in total. The third kappa shape index (κ3) is 3.61. The zero-order valence-electron chi connectivity index (χ0n) is 15.4. The van der Waals surface area contributed by atoms with Crippen molar-refractivity contribution < 1.29 is 14.6 Å². The first kappa shape index (κ1) is 17.7. The van der Waals surface area contributed by atoms with Crippen LogP contribution in [-0.4, -0.2) is 39.8 Å². The number of aliphatic hydroxyl groups is 1. The van der Waals surface area contributed by atoms with E-state index < -0.39 is 11.2 Å². The number of carbonyl (C=O) groups excluding carboxylic acids is 1. The van der Waals surface area contributed by atoms with Crippen molar-refractivity contribution in [3.8, 4) is 0 Å². The number of aryl methyl sites for hydroxylation is 1. The number of aromatic nitrogens is 1. The summed E-state index contributed by atoms with van der Waals surface area (Å²) in [4.78, 5) is 18.5. The maximum atomic E-state index is 12.3. The third-order valence-electron chi connectivity index (χ3n) is 4.58. The van der Waals surface area contributed by atoms with Gasteiger partial charge in [0.2, 0.25) is 0 Å². The quantitative estimate of drug-likeness (QED) is 0.905. The zero-order chi connectivity index (χ0) is 18.2. The highest BCUT2D eigenvalue weighted by Crippen LogP contribution is 2.36. The Morgan fingerprint density at radius 2 is 2.16 bits per heavy atom. The minimum absolute atomic E-state index is 0.220. The minimum Gasteiger partial charge on any atom is -0.444 e. The van der Waals surface area contributed by atoms with E-state index >= 15 is 0 Å². The van der Waals surface area contributed by atoms with Gasteiger partial charge in [-0.1, -0.05) is 25.1 Å². The molecule has 0 spiro atoms. The van der Waals surface area contributed by atoms with E-state index in [1.807, 2.05) is 45.2 Å². The second-order valence-corrected chi connectivity index (χ2v) is 7.76. The molecule has 5 nitrogen and oxygen atoms in total. The van der Waals surface area contributed by atoms with Gasteiger partial charge in [0.25, 0.3) is 0 Å². The van der Waals surface area contributed by atoms with Gasteiger partial charge in [-0.2, -0.15) is 0 Å². The van der Waals surface area contributed by atoms with E-state index in [2.05, 4.69) is 18.0 Å². The van der Waals surface area contributed by atoms with Crippen molar-refractivity contribution in [3.63, 3.8) is 0 Å². The summed E-state index contributed by atoms with van der Waals surface area (Å²) in [6.45, 7) is 8.30. The summed E-state index contributed by atoms with van der Waals surface area (Å²) >= 11 is 0. The molecule has 2 heterocycles. The maximum Gasteiger partial charge on any atom is 0.410 e. The number of hydrogen-bond donors (Lipinski definition) is 1. The van der Waals surface area contributed by atoms with Crippen LogP contribution in [0.3, 0.4) is 0 Å². The van der Waals surface area contributed by atoms with Crippen molar-refractivity contribution in [2.75, 3.05) is 13.1 Å². The molecule has 25 heavy (non-hydrogen) atoms. The molecule has 0 saturated carbocycles. The van der Waals surface area contributed by atoms with Gasteiger partial charge in [-0.3, -0.25) is 4.98 Å². The summed E-state index contributed by atoms with van der Waals surface area (Å²) in [6.07, 6.45) is 2.87. The zero-order valence-corrected chi connectivity index (χ0v) is 15.4. The molecule has 1 aromatic heterocycles. The van der Waals surface area contributed by atoms with Crippen LogP contribution in [0, 0.1) is 0 Å². The van der Waals surface area contributed by atoms with Crippen molar-refractivity contribution in [3.05, 3.63) is 41.6 Å². The van der Waals surface area contributed by atoms with E-state index in [1.54, 1.807) is 4.90 Å². The summed E-state index contributed by atoms with van der Waals surface area (Å²) < 4.78 is 5.43. The van der Waals surface area contributed by atoms with E-state index in [9.17, 15) is 9.90 Å². The number of hydrogen-bond acceptors (Lipinski definition) is 4. The number of para-hydroxylation sites is 1. The molecule has 1 aliphatic rings. The van der Waals surface area contributed by atoms with E-state index in [-0.39, 0.29) is 12.6 Å². The first-order valence-corrected chi connectivity index (χ1v) is 8.80. The second-order valence-electron chi connectivity index (χ2n) is 7.76. The number of benzene rings is 1. The predicted octanol–water partition coefficient (Wildman–Crippen LogP) is 3.63. The Morgan fingerprint density at radius 3 is 2.84 bits per heavy atom. The number of nitrogens with zero attached hydrogens (tertiary/aromatic N) is 2. The third-order valence-corrected chi connectivity index (χ3v) is 4.58. The molecule has 1 unspecified atom stereocenters. The number of amides is 1. The van der Waals surface area contributed by atoms with Crippen molar-refractivity contribution in [2.45, 2.75) is 51.7 Å². The molecule has 5 heteroatoms. The van der Waals surface area contributed by atoms with Crippen LogP contribution in [0.4, 0.5) is 4.79 Å². The fourth-order valence-corrected chi connectivity index (χ4v) is 3.27. The highest BCUT2D eigenvalue weighted by atomic mass is 16.6. The minimum atomic E-state index is -1.10. The molecule has 1 aromatic carbocycles. The fourth-order valence-electron chi connectivity index (χ4n) is 3.27. The van der Waals surface area contributed by atoms with Crippen molar-refractivity contribution in [1.82, 2.24) is 9.88 Å². The van der Waals surface area contributed by atoms with Crippen molar-refractivity contribution in [2.24, 2.45) is 0 Å². The molecule has 1 saturated heterocycles. The number of pyridine rings is 1.